The third-order valence-electron chi connectivity index (χ3n) is 6.71. The molecule has 5 nitrogen and oxygen atoms in total. The molecule has 2 aromatic rings. The van der Waals surface area contributed by atoms with Crippen LogP contribution in [0.4, 0.5) is 0 Å². The Bertz CT molecular complexity index is 1000. The standard InChI is InChI=1S/C24H25NO4/c1-15-7-8-17(13-16(15)2)21(26)18-5-3-4-6-19(18)22(27)25-11-9-24(10-12-25)14-20(24)23(28)29/h3-8,13,20H,9-12,14H2,1-2H3,(H,28,29). The molecule has 1 aliphatic carbocycles. The van der Waals surface area contributed by atoms with Gasteiger partial charge in [-0.15, -0.1) is 0 Å². The lowest BCUT2D eigenvalue weighted by Gasteiger charge is -2.33. The molecule has 5 heteroatoms. The van der Waals surface area contributed by atoms with Gasteiger partial charge in [-0.2, -0.15) is 0 Å². The van der Waals surface area contributed by atoms with Gasteiger partial charge >= 0.3 is 5.97 Å². The normalized spacial score (nSPS) is 19.8. The maximum atomic E-state index is 13.2. The van der Waals surface area contributed by atoms with Crippen LogP contribution >= 0.6 is 0 Å². The van der Waals surface area contributed by atoms with Crippen LogP contribution in [0, 0.1) is 25.2 Å². The van der Waals surface area contributed by atoms with Crippen LogP contribution in [0.15, 0.2) is 42.5 Å². The van der Waals surface area contributed by atoms with Crippen LogP contribution in [0.1, 0.15) is 56.7 Å². The molecule has 29 heavy (non-hydrogen) atoms. The lowest BCUT2D eigenvalue weighted by molar-refractivity contribution is -0.139. The summed E-state index contributed by atoms with van der Waals surface area (Å²) < 4.78 is 0. The smallest absolute Gasteiger partial charge is 0.307 e. The average molecular weight is 391 g/mol. The fourth-order valence-corrected chi connectivity index (χ4v) is 4.48. The number of benzene rings is 2. The third kappa shape index (κ3) is 3.46. The van der Waals surface area contributed by atoms with Crippen LogP contribution < -0.4 is 0 Å². The van der Waals surface area contributed by atoms with Crippen LogP contribution in [-0.2, 0) is 4.79 Å². The average Bonchev–Trinajstić information content (AvgIpc) is 3.43. The maximum absolute atomic E-state index is 13.2. The quantitative estimate of drug-likeness (QED) is 0.803. The molecular formula is C24H25NO4. The Hall–Kier alpha value is -2.95. The molecule has 2 aromatic carbocycles. The minimum absolute atomic E-state index is 0.128. The van der Waals surface area contributed by atoms with Gasteiger partial charge in [-0.25, -0.2) is 0 Å². The van der Waals surface area contributed by atoms with E-state index in [1.807, 2.05) is 26.0 Å². The molecule has 1 heterocycles. The van der Waals surface area contributed by atoms with Gasteiger partial charge in [0.1, 0.15) is 0 Å². The fraction of sp³-hybridized carbons (Fsp3) is 0.375. The predicted molar refractivity (Wildman–Crippen MR) is 109 cm³/mol. The number of likely N-dealkylation sites (tertiary alicyclic amines) is 1. The summed E-state index contributed by atoms with van der Waals surface area (Å²) in [4.78, 5) is 39.3. The molecule has 1 spiro atoms. The van der Waals surface area contributed by atoms with E-state index in [0.29, 0.717) is 49.0 Å². The monoisotopic (exact) mass is 391 g/mol. The van der Waals surface area contributed by atoms with Gasteiger partial charge in [-0.1, -0.05) is 30.3 Å². The second-order valence-corrected chi connectivity index (χ2v) is 8.42. The zero-order valence-electron chi connectivity index (χ0n) is 16.8. The summed E-state index contributed by atoms with van der Waals surface area (Å²) in [5, 5.41) is 9.25. The van der Waals surface area contributed by atoms with Crippen molar-refractivity contribution < 1.29 is 19.5 Å². The molecule has 2 fully saturated rings. The topological polar surface area (TPSA) is 74.7 Å². The van der Waals surface area contributed by atoms with Crippen LogP contribution in [0.3, 0.4) is 0 Å². The van der Waals surface area contributed by atoms with Crippen molar-refractivity contribution in [2.75, 3.05) is 13.1 Å². The molecule has 1 atom stereocenters. The van der Waals surface area contributed by atoms with Crippen LogP contribution in [0.5, 0.6) is 0 Å². The molecule has 0 aromatic heterocycles. The summed E-state index contributed by atoms with van der Waals surface area (Å²) in [6.07, 6.45) is 2.14. The van der Waals surface area contributed by atoms with E-state index in [0.717, 1.165) is 11.1 Å². The van der Waals surface area contributed by atoms with Crippen molar-refractivity contribution in [2.45, 2.75) is 33.1 Å². The number of nitrogens with zero attached hydrogens (tertiary/aromatic N) is 1. The zero-order valence-corrected chi connectivity index (χ0v) is 16.8. The van der Waals surface area contributed by atoms with E-state index in [-0.39, 0.29) is 23.0 Å². The van der Waals surface area contributed by atoms with E-state index in [1.54, 1.807) is 35.2 Å². The molecule has 150 valence electrons. The molecule has 2 aliphatic rings. The van der Waals surface area contributed by atoms with Crippen molar-refractivity contribution in [3.63, 3.8) is 0 Å². The Balaban J connectivity index is 1.54. The van der Waals surface area contributed by atoms with E-state index in [9.17, 15) is 19.5 Å². The Kier molecular flexibility index (Phi) is 4.77. The number of rotatable bonds is 4. The lowest BCUT2D eigenvalue weighted by atomic mass is 9.90. The number of hydrogen-bond donors (Lipinski definition) is 1. The highest BCUT2D eigenvalue weighted by Gasteiger charge is 2.59. The van der Waals surface area contributed by atoms with E-state index >= 15 is 0 Å². The van der Waals surface area contributed by atoms with Crippen LogP contribution in [0.25, 0.3) is 0 Å². The Labute approximate surface area is 170 Å². The molecule has 1 unspecified atom stereocenters. The van der Waals surface area contributed by atoms with Gasteiger partial charge < -0.3 is 10.0 Å². The maximum Gasteiger partial charge on any atom is 0.307 e. The number of amides is 1. The molecule has 0 bridgehead atoms. The van der Waals surface area contributed by atoms with E-state index in [2.05, 4.69) is 0 Å². The highest BCUT2D eigenvalue weighted by atomic mass is 16.4. The number of hydrogen-bond acceptors (Lipinski definition) is 3. The Morgan fingerprint density at radius 2 is 1.62 bits per heavy atom. The van der Waals surface area contributed by atoms with Gasteiger partial charge in [-0.05, 0) is 61.8 Å². The summed E-state index contributed by atoms with van der Waals surface area (Å²) in [6.45, 7) is 5.04. The molecule has 0 radical (unpaired) electrons. The predicted octanol–water partition coefficient (Wildman–Crippen LogP) is 3.86. The van der Waals surface area contributed by atoms with Gasteiger partial charge in [0, 0.05) is 24.2 Å². The molecule has 4 rings (SSSR count). The Morgan fingerprint density at radius 3 is 2.21 bits per heavy atom. The van der Waals surface area contributed by atoms with Gasteiger partial charge in [0.25, 0.3) is 5.91 Å². The minimum Gasteiger partial charge on any atom is -0.481 e. The number of carboxylic acids is 1. The number of carboxylic acid groups (broad SMARTS) is 1. The zero-order chi connectivity index (χ0) is 20.8. The largest absolute Gasteiger partial charge is 0.481 e. The van der Waals surface area contributed by atoms with Gasteiger partial charge in [0.05, 0.1) is 11.5 Å². The number of piperidine rings is 1. The van der Waals surface area contributed by atoms with E-state index in [4.69, 9.17) is 0 Å². The molecular weight excluding hydrogens is 366 g/mol. The summed E-state index contributed by atoms with van der Waals surface area (Å²) in [5.74, 6) is -1.30. The summed E-state index contributed by atoms with van der Waals surface area (Å²) in [6, 6.07) is 12.6. The summed E-state index contributed by atoms with van der Waals surface area (Å²) >= 11 is 0. The second kappa shape index (κ2) is 7.14. The SMILES string of the molecule is Cc1ccc(C(=O)c2ccccc2C(=O)N2CCC3(CC2)CC3C(=O)O)cc1C. The van der Waals surface area contributed by atoms with Crippen molar-refractivity contribution in [3.8, 4) is 0 Å². The Morgan fingerprint density at radius 1 is 0.966 bits per heavy atom. The van der Waals surface area contributed by atoms with Crippen molar-refractivity contribution in [3.05, 3.63) is 70.3 Å². The molecule has 1 saturated carbocycles. The summed E-state index contributed by atoms with van der Waals surface area (Å²) in [7, 11) is 0. The summed E-state index contributed by atoms with van der Waals surface area (Å²) in [5.41, 5.74) is 3.44. The number of carbonyl (C=O) groups is 3. The van der Waals surface area contributed by atoms with Crippen molar-refractivity contribution >= 4 is 17.7 Å². The molecule has 1 N–H and O–H groups in total. The molecule has 1 saturated heterocycles. The first-order valence-electron chi connectivity index (χ1n) is 10.1. The lowest BCUT2D eigenvalue weighted by Crippen LogP contribution is -2.40. The first kappa shape index (κ1) is 19.4. The number of ketones is 1. The fourth-order valence-electron chi connectivity index (χ4n) is 4.48. The minimum atomic E-state index is -0.728. The first-order valence-corrected chi connectivity index (χ1v) is 10.1. The van der Waals surface area contributed by atoms with Crippen molar-refractivity contribution in [1.29, 1.82) is 0 Å². The van der Waals surface area contributed by atoms with Crippen molar-refractivity contribution in [2.24, 2.45) is 11.3 Å². The van der Waals surface area contributed by atoms with E-state index in [1.165, 1.54) is 0 Å². The van der Waals surface area contributed by atoms with Gasteiger partial charge in [0.2, 0.25) is 0 Å². The molecule has 1 amide bonds. The highest BCUT2D eigenvalue weighted by Crippen LogP contribution is 2.59. The van der Waals surface area contributed by atoms with Crippen molar-refractivity contribution in [1.82, 2.24) is 4.90 Å². The van der Waals surface area contributed by atoms with Gasteiger partial charge in [-0.3, -0.25) is 14.4 Å². The second-order valence-electron chi connectivity index (χ2n) is 8.42. The first-order chi connectivity index (χ1) is 13.8. The van der Waals surface area contributed by atoms with E-state index < -0.39 is 5.97 Å². The number of aryl methyl sites for hydroxylation is 2. The molecule has 1 aliphatic heterocycles. The van der Waals surface area contributed by atoms with Gasteiger partial charge in [0.15, 0.2) is 5.78 Å². The van der Waals surface area contributed by atoms with Crippen LogP contribution in [-0.4, -0.2) is 40.8 Å². The number of carbonyl (C=O) groups excluding carboxylic acids is 2. The van der Waals surface area contributed by atoms with Crippen LogP contribution in [0.2, 0.25) is 0 Å². The number of aliphatic carboxylic acids is 1. The highest BCUT2D eigenvalue weighted by molar-refractivity contribution is 6.15. The third-order valence-corrected chi connectivity index (χ3v) is 6.71.